The van der Waals surface area contributed by atoms with Crippen molar-refractivity contribution in [1.29, 1.82) is 0 Å². The summed E-state index contributed by atoms with van der Waals surface area (Å²) in [6.07, 6.45) is 1.58. The van der Waals surface area contributed by atoms with E-state index in [4.69, 9.17) is 5.11 Å². The number of aryl methyl sites for hydroxylation is 1. The topological polar surface area (TPSA) is 75.4 Å². The Hall–Kier alpha value is -2.63. The monoisotopic (exact) mass is 327 g/mol. The Balaban J connectivity index is 1.93. The molecule has 0 aliphatic carbocycles. The minimum absolute atomic E-state index is 0.00332. The fourth-order valence-corrected chi connectivity index (χ4v) is 3.43. The number of carbonyl (C=O) groups excluding carboxylic acids is 1. The van der Waals surface area contributed by atoms with Crippen molar-refractivity contribution in [2.75, 3.05) is 6.54 Å². The van der Waals surface area contributed by atoms with Crippen molar-refractivity contribution < 1.29 is 14.7 Å². The van der Waals surface area contributed by atoms with Crippen molar-refractivity contribution in [3.8, 4) is 5.69 Å². The molecule has 1 saturated heterocycles. The van der Waals surface area contributed by atoms with Gasteiger partial charge >= 0.3 is 5.97 Å². The molecule has 1 unspecified atom stereocenters. The van der Waals surface area contributed by atoms with Crippen molar-refractivity contribution in [1.82, 2.24) is 14.7 Å². The van der Waals surface area contributed by atoms with Crippen molar-refractivity contribution in [3.05, 3.63) is 47.3 Å². The first-order chi connectivity index (χ1) is 11.5. The molecule has 3 rings (SSSR count). The first kappa shape index (κ1) is 16.2. The highest BCUT2D eigenvalue weighted by molar-refractivity contribution is 5.97. The normalized spacial score (nSPS) is 17.2. The number of carboxylic acid groups (broad SMARTS) is 1. The molecule has 1 aliphatic rings. The molecule has 0 spiro atoms. The molecule has 6 nitrogen and oxygen atoms in total. The summed E-state index contributed by atoms with van der Waals surface area (Å²) in [5.41, 5.74) is 2.93. The third-order valence-corrected chi connectivity index (χ3v) is 4.55. The highest BCUT2D eigenvalue weighted by Crippen LogP contribution is 2.26. The molecule has 1 fully saturated rings. The van der Waals surface area contributed by atoms with Gasteiger partial charge in [0.2, 0.25) is 0 Å². The van der Waals surface area contributed by atoms with Gasteiger partial charge in [-0.3, -0.25) is 9.59 Å². The van der Waals surface area contributed by atoms with E-state index < -0.39 is 5.97 Å². The van der Waals surface area contributed by atoms with Crippen LogP contribution in [0.4, 0.5) is 0 Å². The summed E-state index contributed by atoms with van der Waals surface area (Å²) in [4.78, 5) is 25.7. The highest BCUT2D eigenvalue weighted by Gasteiger charge is 2.33. The number of hydrogen-bond acceptors (Lipinski definition) is 3. The summed E-state index contributed by atoms with van der Waals surface area (Å²) in [6.45, 7) is 4.30. The van der Waals surface area contributed by atoms with Crippen LogP contribution in [0.2, 0.25) is 0 Å². The summed E-state index contributed by atoms with van der Waals surface area (Å²) < 4.78 is 1.77. The molecule has 24 heavy (non-hydrogen) atoms. The number of rotatable bonds is 4. The summed E-state index contributed by atoms with van der Waals surface area (Å²) in [6, 6.07) is 9.44. The lowest BCUT2D eigenvalue weighted by Crippen LogP contribution is -2.37. The predicted molar refractivity (Wildman–Crippen MR) is 89.3 cm³/mol. The van der Waals surface area contributed by atoms with Gasteiger partial charge in [-0.15, -0.1) is 0 Å². The van der Waals surface area contributed by atoms with Crippen LogP contribution in [0.5, 0.6) is 0 Å². The average molecular weight is 327 g/mol. The molecule has 0 radical (unpaired) electrons. The minimum atomic E-state index is -0.867. The Morgan fingerprint density at radius 2 is 1.96 bits per heavy atom. The van der Waals surface area contributed by atoms with Gasteiger partial charge in [0.1, 0.15) is 0 Å². The fraction of sp³-hybridized carbons (Fsp3) is 0.389. The van der Waals surface area contributed by atoms with Crippen LogP contribution in [0, 0.1) is 13.8 Å². The Morgan fingerprint density at radius 3 is 2.62 bits per heavy atom. The van der Waals surface area contributed by atoms with Crippen molar-refractivity contribution in [2.45, 2.75) is 39.2 Å². The van der Waals surface area contributed by atoms with Crippen LogP contribution in [0.3, 0.4) is 0 Å². The van der Waals surface area contributed by atoms with Crippen molar-refractivity contribution in [3.63, 3.8) is 0 Å². The molecule has 1 aromatic heterocycles. The van der Waals surface area contributed by atoms with E-state index in [0.717, 1.165) is 24.2 Å². The molecular weight excluding hydrogens is 306 g/mol. The van der Waals surface area contributed by atoms with Crippen LogP contribution in [-0.4, -0.2) is 44.3 Å². The van der Waals surface area contributed by atoms with Crippen LogP contribution in [0.15, 0.2) is 30.3 Å². The van der Waals surface area contributed by atoms with E-state index in [2.05, 4.69) is 5.10 Å². The summed E-state index contributed by atoms with van der Waals surface area (Å²) >= 11 is 0. The van der Waals surface area contributed by atoms with Crippen LogP contribution in [0.1, 0.15) is 41.0 Å². The lowest BCUT2D eigenvalue weighted by atomic mass is 10.1. The van der Waals surface area contributed by atoms with Crippen molar-refractivity contribution in [2.24, 2.45) is 0 Å². The second-order valence-electron chi connectivity index (χ2n) is 6.19. The number of hydrogen-bond donors (Lipinski definition) is 1. The molecule has 0 bridgehead atoms. The summed E-state index contributed by atoms with van der Waals surface area (Å²) in [7, 11) is 0. The summed E-state index contributed by atoms with van der Waals surface area (Å²) in [5, 5.41) is 13.6. The Labute approximate surface area is 140 Å². The van der Waals surface area contributed by atoms with E-state index in [0.29, 0.717) is 17.8 Å². The molecular formula is C18H21N3O3. The highest BCUT2D eigenvalue weighted by atomic mass is 16.4. The van der Waals surface area contributed by atoms with Crippen molar-refractivity contribution >= 4 is 11.9 Å². The maximum atomic E-state index is 13.0. The first-order valence-corrected chi connectivity index (χ1v) is 8.13. The molecule has 1 aromatic carbocycles. The van der Waals surface area contributed by atoms with Gasteiger partial charge in [0.05, 0.1) is 29.1 Å². The number of benzene rings is 1. The van der Waals surface area contributed by atoms with Gasteiger partial charge in [0.15, 0.2) is 0 Å². The lowest BCUT2D eigenvalue weighted by molar-refractivity contribution is -0.137. The third-order valence-electron chi connectivity index (χ3n) is 4.55. The quantitative estimate of drug-likeness (QED) is 0.936. The maximum Gasteiger partial charge on any atom is 0.305 e. The molecule has 126 valence electrons. The molecule has 1 amide bonds. The molecule has 2 heterocycles. The van der Waals surface area contributed by atoms with Crippen LogP contribution >= 0.6 is 0 Å². The molecule has 2 aromatic rings. The SMILES string of the molecule is Cc1nn(-c2ccccc2)c(C)c1C(=O)N1CCCC1CC(=O)O. The van der Waals surface area contributed by atoms with Gasteiger partial charge in [-0.25, -0.2) is 4.68 Å². The first-order valence-electron chi connectivity index (χ1n) is 8.13. The number of aromatic nitrogens is 2. The molecule has 1 N–H and O–H groups in total. The second kappa shape index (κ2) is 6.47. The number of amides is 1. The Bertz CT molecular complexity index is 767. The number of carbonyl (C=O) groups is 2. The minimum Gasteiger partial charge on any atom is -0.481 e. The zero-order valence-electron chi connectivity index (χ0n) is 13.9. The van der Waals surface area contributed by atoms with Crippen LogP contribution in [-0.2, 0) is 4.79 Å². The van der Waals surface area contributed by atoms with E-state index in [1.54, 1.807) is 9.58 Å². The van der Waals surface area contributed by atoms with E-state index in [-0.39, 0.29) is 18.4 Å². The standard InChI is InChI=1S/C18H21N3O3/c1-12-17(13(2)21(19-12)14-7-4-3-5-8-14)18(24)20-10-6-9-15(20)11-16(22)23/h3-5,7-8,15H,6,9-11H2,1-2H3,(H,22,23). The Kier molecular flexibility index (Phi) is 4.38. The van der Waals surface area contributed by atoms with E-state index in [1.165, 1.54) is 0 Å². The second-order valence-corrected chi connectivity index (χ2v) is 6.19. The van der Waals surface area contributed by atoms with Gasteiger partial charge in [-0.05, 0) is 38.8 Å². The molecule has 6 heteroatoms. The van der Waals surface area contributed by atoms with Gasteiger partial charge in [-0.1, -0.05) is 18.2 Å². The number of aliphatic carboxylic acids is 1. The van der Waals surface area contributed by atoms with E-state index in [1.807, 2.05) is 44.2 Å². The van der Waals surface area contributed by atoms with E-state index >= 15 is 0 Å². The zero-order valence-corrected chi connectivity index (χ0v) is 13.9. The lowest BCUT2D eigenvalue weighted by Gasteiger charge is -2.23. The number of para-hydroxylation sites is 1. The van der Waals surface area contributed by atoms with E-state index in [9.17, 15) is 9.59 Å². The maximum absolute atomic E-state index is 13.0. The smallest absolute Gasteiger partial charge is 0.305 e. The zero-order chi connectivity index (χ0) is 17.3. The summed E-state index contributed by atoms with van der Waals surface area (Å²) in [5.74, 6) is -0.982. The fourth-order valence-electron chi connectivity index (χ4n) is 3.43. The van der Waals surface area contributed by atoms with Gasteiger partial charge in [-0.2, -0.15) is 5.10 Å². The van der Waals surface area contributed by atoms with Gasteiger partial charge in [0.25, 0.3) is 5.91 Å². The van der Waals surface area contributed by atoms with Crippen LogP contribution in [0.25, 0.3) is 5.69 Å². The predicted octanol–water partition coefficient (Wildman–Crippen LogP) is 2.57. The number of carboxylic acids is 1. The molecule has 1 aliphatic heterocycles. The molecule has 1 atom stereocenters. The Morgan fingerprint density at radius 1 is 1.25 bits per heavy atom. The van der Waals surface area contributed by atoms with Crippen LogP contribution < -0.4 is 0 Å². The number of nitrogens with zero attached hydrogens (tertiary/aromatic N) is 3. The largest absolute Gasteiger partial charge is 0.481 e. The average Bonchev–Trinajstić information content (AvgIpc) is 3.11. The molecule has 0 saturated carbocycles. The van der Waals surface area contributed by atoms with Gasteiger partial charge in [0, 0.05) is 12.6 Å². The van der Waals surface area contributed by atoms with Gasteiger partial charge < -0.3 is 10.0 Å². The number of likely N-dealkylation sites (tertiary alicyclic amines) is 1. The third kappa shape index (κ3) is 2.91.